The number of unbranched alkanes of at least 4 members (excludes halogenated alkanes) is 1. The van der Waals surface area contributed by atoms with E-state index >= 15 is 0 Å². The van der Waals surface area contributed by atoms with Gasteiger partial charge in [0.15, 0.2) is 0 Å². The quantitative estimate of drug-likeness (QED) is 0.605. The number of hydrogen-bond donors (Lipinski definition) is 2. The second-order valence-corrected chi connectivity index (χ2v) is 6.40. The molecule has 1 unspecified atom stereocenters. The fraction of sp³-hybridized carbons (Fsp3) is 0.526. The molecule has 0 saturated heterocycles. The first-order valence-corrected chi connectivity index (χ1v) is 8.89. The summed E-state index contributed by atoms with van der Waals surface area (Å²) >= 11 is 0. The molecule has 27 heavy (non-hydrogen) atoms. The van der Waals surface area contributed by atoms with Crippen LogP contribution in [0.15, 0.2) is 18.2 Å². The van der Waals surface area contributed by atoms with E-state index in [0.29, 0.717) is 12.5 Å². The number of esters is 1. The van der Waals surface area contributed by atoms with Crippen LogP contribution in [0.4, 0.5) is 8.78 Å². The van der Waals surface area contributed by atoms with Gasteiger partial charge in [-0.1, -0.05) is 19.8 Å². The Bertz CT molecular complexity index is 647. The van der Waals surface area contributed by atoms with Crippen molar-refractivity contribution in [3.8, 4) is 0 Å². The van der Waals surface area contributed by atoms with Gasteiger partial charge in [-0.2, -0.15) is 0 Å². The molecular weight excluding hydrogens is 358 g/mol. The van der Waals surface area contributed by atoms with E-state index in [1.807, 2.05) is 6.92 Å². The molecule has 6 nitrogen and oxygen atoms in total. The van der Waals surface area contributed by atoms with Crippen molar-refractivity contribution in [1.82, 2.24) is 10.6 Å². The van der Waals surface area contributed by atoms with Gasteiger partial charge in [-0.05, 0) is 31.0 Å². The smallest absolute Gasteiger partial charge is 0.302 e. The minimum atomic E-state index is -0.789. The van der Waals surface area contributed by atoms with Crippen molar-refractivity contribution in [2.75, 3.05) is 6.61 Å². The maximum atomic E-state index is 13.2. The molecule has 0 aliphatic carbocycles. The third-order valence-electron chi connectivity index (χ3n) is 3.82. The Kier molecular flexibility index (Phi) is 9.56. The Morgan fingerprint density at radius 1 is 1.15 bits per heavy atom. The molecule has 0 spiro atoms. The molecule has 2 amide bonds. The average Bonchev–Trinajstić information content (AvgIpc) is 2.55. The van der Waals surface area contributed by atoms with Gasteiger partial charge in [0.2, 0.25) is 11.8 Å². The van der Waals surface area contributed by atoms with Crippen LogP contribution < -0.4 is 10.6 Å². The molecule has 0 aliphatic rings. The Morgan fingerprint density at radius 3 is 2.33 bits per heavy atom. The standard InChI is InChI=1S/C19H26F2N2O4/c1-4-5-6-17(11-27-13(3)24)22-12(2)19(26)23-18(25)9-14-7-15(20)10-16(21)8-14/h7-8,10,12,17,22H,4-6,9,11H2,1-3H3,(H,23,25,26)/t12-,17?/m0/s1. The lowest BCUT2D eigenvalue weighted by molar-refractivity contribution is -0.141. The van der Waals surface area contributed by atoms with E-state index in [1.54, 1.807) is 6.92 Å². The lowest BCUT2D eigenvalue weighted by atomic mass is 10.1. The fourth-order valence-corrected chi connectivity index (χ4v) is 2.50. The third-order valence-corrected chi connectivity index (χ3v) is 3.82. The molecule has 0 bridgehead atoms. The Morgan fingerprint density at radius 2 is 1.78 bits per heavy atom. The predicted molar refractivity (Wildman–Crippen MR) is 95.8 cm³/mol. The molecule has 0 radical (unpaired) electrons. The van der Waals surface area contributed by atoms with Crippen molar-refractivity contribution in [3.63, 3.8) is 0 Å². The van der Waals surface area contributed by atoms with E-state index in [1.165, 1.54) is 6.92 Å². The Hall–Kier alpha value is -2.35. The molecule has 0 aromatic heterocycles. The van der Waals surface area contributed by atoms with Crippen LogP contribution in [0.3, 0.4) is 0 Å². The molecule has 2 atom stereocenters. The summed E-state index contributed by atoms with van der Waals surface area (Å²) in [6.07, 6.45) is 2.22. The average molecular weight is 384 g/mol. The summed E-state index contributed by atoms with van der Waals surface area (Å²) in [6.45, 7) is 5.04. The van der Waals surface area contributed by atoms with E-state index < -0.39 is 35.5 Å². The summed E-state index contributed by atoms with van der Waals surface area (Å²) < 4.78 is 31.3. The molecule has 0 heterocycles. The first-order valence-electron chi connectivity index (χ1n) is 8.89. The summed E-state index contributed by atoms with van der Waals surface area (Å²) in [6, 6.07) is 1.85. The highest BCUT2D eigenvalue weighted by atomic mass is 19.1. The second-order valence-electron chi connectivity index (χ2n) is 6.40. The molecule has 150 valence electrons. The minimum Gasteiger partial charge on any atom is -0.464 e. The van der Waals surface area contributed by atoms with Crippen LogP contribution in [0.25, 0.3) is 0 Å². The van der Waals surface area contributed by atoms with Crippen LogP contribution in [-0.2, 0) is 25.5 Å². The number of carbonyl (C=O) groups excluding carboxylic acids is 3. The number of imide groups is 1. The number of hydrogen-bond acceptors (Lipinski definition) is 5. The molecule has 1 rings (SSSR count). The molecule has 0 fully saturated rings. The largest absolute Gasteiger partial charge is 0.464 e. The first kappa shape index (κ1) is 22.7. The highest BCUT2D eigenvalue weighted by Gasteiger charge is 2.20. The number of nitrogens with one attached hydrogen (secondary N) is 2. The van der Waals surface area contributed by atoms with Crippen LogP contribution >= 0.6 is 0 Å². The third kappa shape index (κ3) is 9.23. The first-order chi connectivity index (χ1) is 12.7. The number of carbonyl (C=O) groups is 3. The van der Waals surface area contributed by atoms with Crippen molar-refractivity contribution < 1.29 is 27.9 Å². The van der Waals surface area contributed by atoms with Crippen molar-refractivity contribution >= 4 is 17.8 Å². The zero-order valence-corrected chi connectivity index (χ0v) is 15.8. The van der Waals surface area contributed by atoms with Crippen LogP contribution in [0.2, 0.25) is 0 Å². The zero-order chi connectivity index (χ0) is 20.4. The van der Waals surface area contributed by atoms with Crippen molar-refractivity contribution in [1.29, 1.82) is 0 Å². The predicted octanol–water partition coefficient (Wildman–Crippen LogP) is 2.25. The second kappa shape index (κ2) is 11.4. The van der Waals surface area contributed by atoms with Gasteiger partial charge in [0, 0.05) is 19.0 Å². The maximum Gasteiger partial charge on any atom is 0.302 e. The van der Waals surface area contributed by atoms with Gasteiger partial charge in [0.25, 0.3) is 0 Å². The lowest BCUT2D eigenvalue weighted by Crippen LogP contribution is -2.49. The summed E-state index contributed by atoms with van der Waals surface area (Å²) in [5.74, 6) is -3.22. The highest BCUT2D eigenvalue weighted by molar-refractivity contribution is 5.98. The van der Waals surface area contributed by atoms with Crippen molar-refractivity contribution in [2.24, 2.45) is 0 Å². The number of halogens is 2. The van der Waals surface area contributed by atoms with Gasteiger partial charge >= 0.3 is 5.97 Å². The van der Waals surface area contributed by atoms with Gasteiger partial charge < -0.3 is 4.74 Å². The van der Waals surface area contributed by atoms with Crippen LogP contribution in [0, 0.1) is 11.6 Å². The van der Waals surface area contributed by atoms with E-state index in [-0.39, 0.29) is 24.6 Å². The molecule has 1 aromatic carbocycles. The van der Waals surface area contributed by atoms with Crippen molar-refractivity contribution in [2.45, 2.75) is 58.5 Å². The number of benzene rings is 1. The topological polar surface area (TPSA) is 84.5 Å². The summed E-state index contributed by atoms with van der Waals surface area (Å²) in [5.41, 5.74) is 0.133. The molecule has 0 aliphatic heterocycles. The number of rotatable bonds is 10. The zero-order valence-electron chi connectivity index (χ0n) is 15.8. The molecule has 1 aromatic rings. The van der Waals surface area contributed by atoms with Gasteiger partial charge in [-0.15, -0.1) is 0 Å². The molecular formula is C19H26F2N2O4. The van der Waals surface area contributed by atoms with E-state index in [0.717, 1.165) is 25.0 Å². The monoisotopic (exact) mass is 384 g/mol. The normalized spacial score (nSPS) is 12.9. The number of ether oxygens (including phenoxy) is 1. The van der Waals surface area contributed by atoms with Crippen LogP contribution in [0.1, 0.15) is 45.6 Å². The van der Waals surface area contributed by atoms with E-state index in [4.69, 9.17) is 4.74 Å². The molecule has 8 heteroatoms. The molecule has 0 saturated carbocycles. The van der Waals surface area contributed by atoms with Gasteiger partial charge in [0.05, 0.1) is 12.5 Å². The fourth-order valence-electron chi connectivity index (χ4n) is 2.50. The Balaban J connectivity index is 2.56. The van der Waals surface area contributed by atoms with E-state index in [2.05, 4.69) is 10.6 Å². The van der Waals surface area contributed by atoms with Crippen LogP contribution in [0.5, 0.6) is 0 Å². The maximum absolute atomic E-state index is 13.2. The van der Waals surface area contributed by atoms with Crippen LogP contribution in [-0.4, -0.2) is 36.5 Å². The SMILES string of the molecule is CCCCC(COC(C)=O)N[C@@H](C)C(=O)NC(=O)Cc1cc(F)cc(F)c1. The molecule has 2 N–H and O–H groups in total. The van der Waals surface area contributed by atoms with Gasteiger partial charge in [0.1, 0.15) is 18.2 Å². The van der Waals surface area contributed by atoms with Crippen molar-refractivity contribution in [3.05, 3.63) is 35.4 Å². The van der Waals surface area contributed by atoms with Gasteiger partial charge in [-0.25, -0.2) is 8.78 Å². The number of amides is 2. The summed E-state index contributed by atoms with van der Waals surface area (Å²) in [7, 11) is 0. The Labute approximate surface area is 157 Å². The summed E-state index contributed by atoms with van der Waals surface area (Å²) in [5, 5.41) is 5.23. The van der Waals surface area contributed by atoms with E-state index in [9.17, 15) is 23.2 Å². The minimum absolute atomic E-state index is 0.128. The van der Waals surface area contributed by atoms with Gasteiger partial charge in [-0.3, -0.25) is 25.0 Å². The lowest BCUT2D eigenvalue weighted by Gasteiger charge is -2.22. The summed E-state index contributed by atoms with van der Waals surface area (Å²) in [4.78, 5) is 35.1. The highest BCUT2D eigenvalue weighted by Crippen LogP contribution is 2.08.